The standard InChI is InChI=1S/C6H6N.C2H4NO/c1-6-4-2-3-5-7-6;1-3-2-4/h2-5H,1H2;1H3,(H,3,4). The van der Waals surface area contributed by atoms with Gasteiger partial charge in [-0.15, -0.1) is 0 Å². The van der Waals surface area contributed by atoms with Crippen molar-refractivity contribution >= 4 is 6.41 Å². The molecule has 1 heterocycles. The summed E-state index contributed by atoms with van der Waals surface area (Å²) in [7, 11) is 1.51. The lowest BCUT2D eigenvalue weighted by Gasteiger charge is -1.82. The molecule has 1 aromatic rings. The fraction of sp³-hybridized carbons (Fsp3) is 0.125. The van der Waals surface area contributed by atoms with Gasteiger partial charge in [0.25, 0.3) is 0 Å². The fourth-order valence-corrected chi connectivity index (χ4v) is 0.398. The molecule has 1 amide bonds. The van der Waals surface area contributed by atoms with Gasteiger partial charge in [0.05, 0.1) is 0 Å². The molecular weight excluding hydrogens is 140 g/mol. The van der Waals surface area contributed by atoms with Crippen LogP contribution in [0.3, 0.4) is 0 Å². The van der Waals surface area contributed by atoms with E-state index in [4.69, 9.17) is 4.79 Å². The van der Waals surface area contributed by atoms with E-state index in [0.29, 0.717) is 0 Å². The van der Waals surface area contributed by atoms with Crippen LogP contribution in [0.15, 0.2) is 24.4 Å². The van der Waals surface area contributed by atoms with Crippen molar-refractivity contribution in [3.8, 4) is 0 Å². The van der Waals surface area contributed by atoms with Crippen molar-refractivity contribution in [3.63, 3.8) is 0 Å². The highest BCUT2D eigenvalue weighted by atomic mass is 16.1. The van der Waals surface area contributed by atoms with Gasteiger partial charge in [0.1, 0.15) is 0 Å². The molecule has 1 N–H and O–H groups in total. The highest BCUT2D eigenvalue weighted by molar-refractivity contribution is 5.46. The minimum atomic E-state index is 0.822. The van der Waals surface area contributed by atoms with Gasteiger partial charge in [-0.25, -0.2) is 0 Å². The summed E-state index contributed by atoms with van der Waals surface area (Å²) in [5.74, 6) is 0. The smallest absolute Gasteiger partial charge is 0.309 e. The molecule has 1 aromatic heterocycles. The molecule has 3 nitrogen and oxygen atoms in total. The third-order valence-corrected chi connectivity index (χ3v) is 0.828. The third-order valence-electron chi connectivity index (χ3n) is 0.828. The topological polar surface area (TPSA) is 42.0 Å². The minimum Gasteiger partial charge on any atom is -0.351 e. The fourth-order valence-electron chi connectivity index (χ4n) is 0.398. The number of amides is 1. The zero-order valence-electron chi connectivity index (χ0n) is 6.37. The minimum absolute atomic E-state index is 0.822. The first kappa shape index (κ1) is 9.62. The van der Waals surface area contributed by atoms with Crippen LogP contribution in [-0.2, 0) is 4.79 Å². The molecule has 3 heteroatoms. The summed E-state index contributed by atoms with van der Waals surface area (Å²) < 4.78 is 0. The number of hydrogen-bond donors (Lipinski definition) is 1. The lowest BCUT2D eigenvalue weighted by molar-refractivity contribution is 0.548. The number of aromatic nitrogens is 1. The third kappa shape index (κ3) is 6.51. The molecule has 1 rings (SSSR count). The molecule has 2 radical (unpaired) electrons. The molecule has 58 valence electrons. The second kappa shape index (κ2) is 6.74. The predicted octanol–water partition coefficient (Wildman–Crippen LogP) is 0.537. The summed E-state index contributed by atoms with van der Waals surface area (Å²) in [6.45, 7) is 3.61. The first-order valence-electron chi connectivity index (χ1n) is 3.08. The summed E-state index contributed by atoms with van der Waals surface area (Å²) in [5.41, 5.74) is 0.822. The average Bonchev–Trinajstić information content (AvgIpc) is 2.07. The van der Waals surface area contributed by atoms with Crippen molar-refractivity contribution in [2.75, 3.05) is 7.05 Å². The first-order chi connectivity index (χ1) is 5.31. The van der Waals surface area contributed by atoms with Crippen LogP contribution in [0.2, 0.25) is 0 Å². The maximum absolute atomic E-state index is 8.94. The second-order valence-electron chi connectivity index (χ2n) is 1.67. The molecule has 0 aliphatic heterocycles. The van der Waals surface area contributed by atoms with Gasteiger partial charge in [0.15, 0.2) is 0 Å². The van der Waals surface area contributed by atoms with E-state index in [-0.39, 0.29) is 0 Å². The van der Waals surface area contributed by atoms with Gasteiger partial charge in [0.2, 0.25) is 0 Å². The Kier molecular flexibility index (Phi) is 5.89. The van der Waals surface area contributed by atoms with Gasteiger partial charge in [-0.05, 0) is 19.1 Å². The quantitative estimate of drug-likeness (QED) is 0.593. The number of pyridine rings is 1. The van der Waals surface area contributed by atoms with Gasteiger partial charge in [-0.2, -0.15) is 0 Å². The molecule has 0 atom stereocenters. The van der Waals surface area contributed by atoms with Crippen LogP contribution in [0, 0.1) is 6.92 Å². The van der Waals surface area contributed by atoms with Gasteiger partial charge >= 0.3 is 6.41 Å². The monoisotopic (exact) mass is 150 g/mol. The normalized spacial score (nSPS) is 7.45. The largest absolute Gasteiger partial charge is 0.351 e. The average molecular weight is 150 g/mol. The van der Waals surface area contributed by atoms with Crippen LogP contribution in [-0.4, -0.2) is 18.4 Å². The van der Waals surface area contributed by atoms with Crippen molar-refractivity contribution < 1.29 is 4.79 Å². The molecular formula is C8H10N2O. The van der Waals surface area contributed by atoms with E-state index in [9.17, 15) is 0 Å². The van der Waals surface area contributed by atoms with Crippen LogP contribution in [0.25, 0.3) is 0 Å². The highest BCUT2D eigenvalue weighted by Gasteiger charge is 1.73. The number of nitrogens with zero attached hydrogens (tertiary/aromatic N) is 1. The summed E-state index contributed by atoms with van der Waals surface area (Å²) in [6.07, 6.45) is 3.16. The van der Waals surface area contributed by atoms with E-state index >= 15 is 0 Å². The zero-order valence-corrected chi connectivity index (χ0v) is 6.37. The second-order valence-corrected chi connectivity index (χ2v) is 1.67. The van der Waals surface area contributed by atoms with Crippen LogP contribution in [0.4, 0.5) is 0 Å². The Morgan fingerprint density at radius 2 is 2.27 bits per heavy atom. The first-order valence-corrected chi connectivity index (χ1v) is 3.08. The molecule has 0 aliphatic rings. The Labute approximate surface area is 66.5 Å². The Bertz CT molecular complexity index is 187. The molecule has 0 saturated carbocycles. The van der Waals surface area contributed by atoms with Crippen LogP contribution in [0.1, 0.15) is 5.69 Å². The van der Waals surface area contributed by atoms with Crippen molar-refractivity contribution in [2.45, 2.75) is 0 Å². The Balaban J connectivity index is 0.000000218. The Morgan fingerprint density at radius 1 is 1.64 bits per heavy atom. The maximum Gasteiger partial charge on any atom is 0.309 e. The Morgan fingerprint density at radius 3 is 2.45 bits per heavy atom. The SMILES string of the molecule is CN[C]=O.[CH2]c1ccccn1. The van der Waals surface area contributed by atoms with Crippen molar-refractivity contribution in [1.29, 1.82) is 0 Å². The molecule has 0 aliphatic carbocycles. The molecule has 0 fully saturated rings. The summed E-state index contributed by atoms with van der Waals surface area (Å²) in [5, 5.41) is 2.12. The van der Waals surface area contributed by atoms with Crippen LogP contribution < -0.4 is 5.32 Å². The van der Waals surface area contributed by atoms with Gasteiger partial charge < -0.3 is 5.32 Å². The van der Waals surface area contributed by atoms with E-state index in [1.165, 1.54) is 13.5 Å². The van der Waals surface area contributed by atoms with E-state index in [0.717, 1.165) is 5.69 Å². The highest BCUT2D eigenvalue weighted by Crippen LogP contribution is 1.85. The Hall–Kier alpha value is -1.38. The summed E-state index contributed by atoms with van der Waals surface area (Å²) >= 11 is 0. The predicted molar refractivity (Wildman–Crippen MR) is 43.4 cm³/mol. The lowest BCUT2D eigenvalue weighted by atomic mass is 10.4. The summed E-state index contributed by atoms with van der Waals surface area (Å²) in [4.78, 5) is 12.8. The zero-order chi connectivity index (χ0) is 8.53. The van der Waals surface area contributed by atoms with Crippen molar-refractivity contribution in [3.05, 3.63) is 37.0 Å². The molecule has 0 aromatic carbocycles. The number of rotatable bonds is 1. The van der Waals surface area contributed by atoms with E-state index < -0.39 is 0 Å². The van der Waals surface area contributed by atoms with Gasteiger partial charge in [-0.1, -0.05) is 6.07 Å². The lowest BCUT2D eigenvalue weighted by Crippen LogP contribution is -1.97. The molecule has 0 unspecified atom stereocenters. The molecule has 0 spiro atoms. The van der Waals surface area contributed by atoms with Crippen molar-refractivity contribution in [1.82, 2.24) is 10.3 Å². The number of nitrogens with one attached hydrogen (secondary N) is 1. The number of carbonyl (C=O) groups excluding carboxylic acids is 1. The van der Waals surface area contributed by atoms with Gasteiger partial charge in [-0.3, -0.25) is 9.78 Å². The van der Waals surface area contributed by atoms with Crippen molar-refractivity contribution in [2.24, 2.45) is 0 Å². The molecule has 0 saturated heterocycles. The number of hydrogen-bond acceptors (Lipinski definition) is 2. The van der Waals surface area contributed by atoms with E-state index in [1.54, 1.807) is 6.20 Å². The molecule has 11 heavy (non-hydrogen) atoms. The van der Waals surface area contributed by atoms with E-state index in [2.05, 4.69) is 17.2 Å². The molecule has 0 bridgehead atoms. The summed E-state index contributed by atoms with van der Waals surface area (Å²) in [6, 6.07) is 5.64. The van der Waals surface area contributed by atoms with Crippen LogP contribution in [0.5, 0.6) is 0 Å². The van der Waals surface area contributed by atoms with Crippen LogP contribution >= 0.6 is 0 Å². The maximum atomic E-state index is 8.94. The van der Waals surface area contributed by atoms with E-state index in [1.807, 2.05) is 18.2 Å². The van der Waals surface area contributed by atoms with Gasteiger partial charge in [0, 0.05) is 18.9 Å².